The van der Waals surface area contributed by atoms with Crippen LogP contribution < -0.4 is 19.4 Å². The molecule has 0 aliphatic carbocycles. The maximum absolute atomic E-state index is 5.54. The van der Waals surface area contributed by atoms with Crippen molar-refractivity contribution in [2.45, 2.75) is 19.4 Å². The first-order valence-corrected chi connectivity index (χ1v) is 9.45. The molecule has 1 rings (SSSR count). The Kier molecular flexibility index (Phi) is 9.79. The smallest absolute Gasteiger partial charge is 0.127 e. The van der Waals surface area contributed by atoms with Crippen LogP contribution in [0, 0.1) is 0 Å². The molecule has 0 bridgehead atoms. The fourth-order valence-corrected chi connectivity index (χ4v) is 3.25. The Morgan fingerprint density at radius 3 is 1.96 bits per heavy atom. The summed E-state index contributed by atoms with van der Waals surface area (Å²) in [6.45, 7) is 5.96. The van der Waals surface area contributed by atoms with Crippen molar-refractivity contribution in [1.82, 2.24) is 0 Å². The number of hydrogen-bond donors (Lipinski definition) is 3. The van der Waals surface area contributed by atoms with E-state index in [4.69, 9.17) is 4.74 Å². The Morgan fingerprint density at radius 1 is 0.913 bits per heavy atom. The predicted octanol–water partition coefficient (Wildman–Crippen LogP) is -1.09. The Labute approximate surface area is 150 Å². The van der Waals surface area contributed by atoms with Crippen LogP contribution in [0.5, 0.6) is 5.75 Å². The van der Waals surface area contributed by atoms with Crippen molar-refractivity contribution in [3.63, 3.8) is 0 Å². The van der Waals surface area contributed by atoms with Crippen molar-refractivity contribution < 1.29 is 19.4 Å². The van der Waals surface area contributed by atoms with Gasteiger partial charge in [0.15, 0.2) is 0 Å². The van der Waals surface area contributed by atoms with Gasteiger partial charge in [-0.15, -0.1) is 0 Å². The third kappa shape index (κ3) is 8.70. The molecule has 0 spiro atoms. The van der Waals surface area contributed by atoms with Gasteiger partial charge in [0.1, 0.15) is 12.3 Å². The molecule has 0 saturated carbocycles. The minimum Gasteiger partial charge on any atom is -0.496 e. The van der Waals surface area contributed by atoms with Crippen LogP contribution in [0.2, 0.25) is 0 Å². The van der Waals surface area contributed by atoms with E-state index in [-0.39, 0.29) is 0 Å². The first-order chi connectivity index (χ1) is 10.9. The predicted molar refractivity (Wildman–Crippen MR) is 99.7 cm³/mol. The van der Waals surface area contributed by atoms with Crippen LogP contribution in [0.4, 0.5) is 0 Å². The highest BCUT2D eigenvalue weighted by atomic mass is 79.9. The quantitative estimate of drug-likeness (QED) is 0.440. The van der Waals surface area contributed by atoms with Crippen molar-refractivity contribution >= 4 is 15.9 Å². The summed E-state index contributed by atoms with van der Waals surface area (Å²) in [7, 11) is 10.7. The zero-order chi connectivity index (χ0) is 17.2. The number of rotatable bonds is 11. The van der Waals surface area contributed by atoms with Gasteiger partial charge in [-0.1, -0.05) is 15.9 Å². The lowest BCUT2D eigenvalue weighted by Gasteiger charge is -2.21. The fraction of sp³-hybridized carbons (Fsp3) is 0.667. The van der Waals surface area contributed by atoms with E-state index in [0.29, 0.717) is 0 Å². The zero-order valence-corrected chi connectivity index (χ0v) is 17.1. The topological polar surface area (TPSA) is 22.6 Å². The van der Waals surface area contributed by atoms with Crippen molar-refractivity contribution in [2.75, 3.05) is 61.5 Å². The molecule has 1 aromatic carbocycles. The van der Waals surface area contributed by atoms with Crippen molar-refractivity contribution in [2.24, 2.45) is 0 Å². The van der Waals surface area contributed by atoms with Gasteiger partial charge in [-0.2, -0.15) is 0 Å². The van der Waals surface area contributed by atoms with E-state index in [0.717, 1.165) is 16.8 Å². The van der Waals surface area contributed by atoms with Gasteiger partial charge in [0, 0.05) is 22.9 Å². The first-order valence-electron chi connectivity index (χ1n) is 8.66. The van der Waals surface area contributed by atoms with E-state index < -0.39 is 0 Å². The molecule has 0 heterocycles. The molecule has 0 aliphatic heterocycles. The summed E-state index contributed by atoms with van der Waals surface area (Å²) in [6.07, 6.45) is 2.53. The van der Waals surface area contributed by atoms with Crippen molar-refractivity contribution in [3.05, 3.63) is 28.2 Å². The lowest BCUT2D eigenvalue weighted by atomic mass is 10.1. The monoisotopic (exact) mass is 388 g/mol. The van der Waals surface area contributed by atoms with E-state index in [1.54, 1.807) is 12.0 Å². The number of methoxy groups -OCH3 is 1. The summed E-state index contributed by atoms with van der Waals surface area (Å²) in [5.74, 6) is 1.00. The van der Waals surface area contributed by atoms with Crippen LogP contribution in [0.15, 0.2) is 22.7 Å². The second-order valence-corrected chi connectivity index (χ2v) is 7.92. The molecule has 1 aromatic rings. The average molecular weight is 389 g/mol. The van der Waals surface area contributed by atoms with Crippen LogP contribution in [0.25, 0.3) is 0 Å². The molecule has 5 heteroatoms. The molecule has 23 heavy (non-hydrogen) atoms. The van der Waals surface area contributed by atoms with Crippen molar-refractivity contribution in [3.8, 4) is 5.75 Å². The van der Waals surface area contributed by atoms with Crippen LogP contribution in [-0.4, -0.2) is 61.5 Å². The largest absolute Gasteiger partial charge is 0.496 e. The highest BCUT2D eigenvalue weighted by Gasteiger charge is 2.14. The SMILES string of the molecule is COc1ccc(Br)cc1C[NH+](CCC[NH+](C)C)CCC[NH+](C)C. The van der Waals surface area contributed by atoms with Gasteiger partial charge in [-0.25, -0.2) is 0 Å². The van der Waals surface area contributed by atoms with Gasteiger partial charge >= 0.3 is 0 Å². The normalized spacial score (nSPS) is 11.7. The maximum atomic E-state index is 5.54. The van der Waals surface area contributed by atoms with Crippen LogP contribution in [0.3, 0.4) is 0 Å². The zero-order valence-electron chi connectivity index (χ0n) is 15.5. The maximum Gasteiger partial charge on any atom is 0.127 e. The van der Waals surface area contributed by atoms with Crippen LogP contribution in [-0.2, 0) is 6.54 Å². The number of halogens is 1. The molecule has 132 valence electrons. The molecule has 0 amide bonds. The van der Waals surface area contributed by atoms with Crippen molar-refractivity contribution in [1.29, 1.82) is 0 Å². The molecule has 0 atom stereocenters. The summed E-state index contributed by atoms with van der Waals surface area (Å²) < 4.78 is 6.67. The van der Waals surface area contributed by atoms with Crippen LogP contribution >= 0.6 is 15.9 Å². The van der Waals surface area contributed by atoms with E-state index in [1.165, 1.54) is 54.4 Å². The lowest BCUT2D eigenvalue weighted by molar-refractivity contribution is -0.925. The third-order valence-corrected chi connectivity index (χ3v) is 4.59. The van der Waals surface area contributed by atoms with Gasteiger partial charge in [0.25, 0.3) is 0 Å². The second-order valence-electron chi connectivity index (χ2n) is 7.00. The number of benzene rings is 1. The molecule has 0 unspecified atom stereocenters. The highest BCUT2D eigenvalue weighted by Crippen LogP contribution is 2.22. The second kappa shape index (κ2) is 11.0. The number of nitrogens with one attached hydrogen (secondary N) is 3. The Morgan fingerprint density at radius 2 is 1.48 bits per heavy atom. The Bertz CT molecular complexity index is 438. The van der Waals surface area contributed by atoms with E-state index in [2.05, 4.69) is 56.3 Å². The molecular formula is C18H35BrN3O+3. The number of hydrogen-bond acceptors (Lipinski definition) is 1. The molecule has 0 fully saturated rings. The Balaban J connectivity index is 2.68. The van der Waals surface area contributed by atoms with Gasteiger partial charge in [-0.3, -0.25) is 0 Å². The minimum atomic E-state index is 1.00. The van der Waals surface area contributed by atoms with E-state index in [9.17, 15) is 0 Å². The van der Waals surface area contributed by atoms with Gasteiger partial charge < -0.3 is 19.4 Å². The molecule has 0 aliphatic rings. The Hall–Kier alpha value is -0.620. The van der Waals surface area contributed by atoms with Gasteiger partial charge in [0.05, 0.1) is 61.5 Å². The number of quaternary nitrogens is 3. The summed E-state index contributed by atoms with van der Waals surface area (Å²) >= 11 is 3.59. The van der Waals surface area contributed by atoms with E-state index in [1.807, 2.05) is 6.07 Å². The molecule has 4 nitrogen and oxygen atoms in total. The summed E-state index contributed by atoms with van der Waals surface area (Å²) in [5.41, 5.74) is 1.30. The number of ether oxygens (including phenoxy) is 1. The standard InChI is InChI=1S/C18H32BrN3O/c1-20(2)10-6-12-22(13-7-11-21(3)4)15-16-14-17(19)8-9-18(16)23-5/h8-9,14H,6-7,10-13,15H2,1-5H3/p+3. The highest BCUT2D eigenvalue weighted by molar-refractivity contribution is 9.10. The average Bonchev–Trinajstić information content (AvgIpc) is 2.46. The minimum absolute atomic E-state index is 1.00. The fourth-order valence-electron chi connectivity index (χ4n) is 2.84. The molecule has 0 radical (unpaired) electrons. The van der Waals surface area contributed by atoms with E-state index >= 15 is 0 Å². The molecule has 0 aromatic heterocycles. The first kappa shape index (κ1) is 20.4. The summed E-state index contributed by atoms with van der Waals surface area (Å²) in [4.78, 5) is 4.72. The molecular weight excluding hydrogens is 354 g/mol. The summed E-state index contributed by atoms with van der Waals surface area (Å²) in [6, 6.07) is 6.31. The molecule has 3 N–H and O–H groups in total. The van der Waals surface area contributed by atoms with Gasteiger partial charge in [0.2, 0.25) is 0 Å². The third-order valence-electron chi connectivity index (χ3n) is 4.10. The molecule has 0 saturated heterocycles. The van der Waals surface area contributed by atoms with Gasteiger partial charge in [-0.05, 0) is 18.2 Å². The lowest BCUT2D eigenvalue weighted by Crippen LogP contribution is -3.13. The summed E-state index contributed by atoms with van der Waals surface area (Å²) in [5, 5.41) is 0. The van der Waals surface area contributed by atoms with Crippen LogP contribution in [0.1, 0.15) is 18.4 Å².